The van der Waals surface area contributed by atoms with Crippen molar-refractivity contribution in [2.45, 2.75) is 27.7 Å². The van der Waals surface area contributed by atoms with Gasteiger partial charge in [0.25, 0.3) is 0 Å². The van der Waals surface area contributed by atoms with Crippen molar-refractivity contribution in [1.82, 2.24) is 9.13 Å². The number of nitrogens with zero attached hydrogens (tertiary/aromatic N) is 4. The van der Waals surface area contributed by atoms with E-state index >= 15 is 0 Å². The van der Waals surface area contributed by atoms with E-state index in [4.69, 9.17) is 0 Å². The van der Waals surface area contributed by atoms with Crippen molar-refractivity contribution in [3.8, 4) is 34.6 Å². The van der Waals surface area contributed by atoms with Gasteiger partial charge < -0.3 is 9.13 Å². The van der Waals surface area contributed by atoms with Crippen LogP contribution in [0.1, 0.15) is 33.4 Å². The Morgan fingerprint density at radius 2 is 0.891 bits per heavy atom. The molecule has 0 saturated carbocycles. The van der Waals surface area contributed by atoms with Crippen LogP contribution >= 0.6 is 0 Å². The van der Waals surface area contributed by atoms with Crippen molar-refractivity contribution in [1.29, 1.82) is 10.5 Å². The molecule has 0 aliphatic heterocycles. The molecule has 0 saturated heterocycles. The molecule has 2 aromatic heterocycles. The Morgan fingerprint density at radius 1 is 0.457 bits per heavy atom. The fourth-order valence-electron chi connectivity index (χ4n) is 7.04. The lowest BCUT2D eigenvalue weighted by atomic mass is 9.97. The van der Waals surface area contributed by atoms with Gasteiger partial charge in [-0.2, -0.15) is 10.5 Å². The Morgan fingerprint density at radius 3 is 1.30 bits per heavy atom. The average Bonchev–Trinajstić information content (AvgIpc) is 3.55. The third-order valence-electron chi connectivity index (χ3n) is 9.17. The van der Waals surface area contributed by atoms with Gasteiger partial charge in [-0.15, -0.1) is 0 Å². The summed E-state index contributed by atoms with van der Waals surface area (Å²) in [6.07, 6.45) is 0. The summed E-state index contributed by atoms with van der Waals surface area (Å²) >= 11 is 0. The van der Waals surface area contributed by atoms with Gasteiger partial charge >= 0.3 is 0 Å². The Bertz CT molecular complexity index is 2530. The highest BCUT2D eigenvalue weighted by molar-refractivity contribution is 6.12. The molecule has 4 heteroatoms. The van der Waals surface area contributed by atoms with Crippen LogP contribution in [-0.2, 0) is 0 Å². The highest BCUT2D eigenvalue weighted by Crippen LogP contribution is 2.41. The zero-order chi connectivity index (χ0) is 31.7. The number of hydrogen-bond acceptors (Lipinski definition) is 2. The van der Waals surface area contributed by atoms with E-state index in [1.54, 1.807) is 6.07 Å². The monoisotopic (exact) mass is 590 g/mol. The van der Waals surface area contributed by atoms with E-state index < -0.39 is 0 Å². The van der Waals surface area contributed by atoms with Gasteiger partial charge in [0.15, 0.2) is 0 Å². The van der Waals surface area contributed by atoms with Gasteiger partial charge in [-0.1, -0.05) is 58.7 Å². The molecule has 4 nitrogen and oxygen atoms in total. The molecular weight excluding hydrogens is 560 g/mol. The van der Waals surface area contributed by atoms with Crippen molar-refractivity contribution >= 4 is 43.6 Å². The maximum atomic E-state index is 10.6. The van der Waals surface area contributed by atoms with Crippen LogP contribution in [0.3, 0.4) is 0 Å². The van der Waals surface area contributed by atoms with Crippen molar-refractivity contribution in [3.05, 3.63) is 143 Å². The summed E-state index contributed by atoms with van der Waals surface area (Å²) in [5, 5.41) is 25.1. The van der Waals surface area contributed by atoms with Crippen LogP contribution in [0.2, 0.25) is 0 Å². The van der Waals surface area contributed by atoms with Crippen LogP contribution in [0, 0.1) is 50.4 Å². The van der Waals surface area contributed by atoms with Crippen LogP contribution < -0.4 is 0 Å². The number of fused-ring (bicyclic) bond motifs is 6. The summed E-state index contributed by atoms with van der Waals surface area (Å²) in [6, 6.07) is 42.9. The molecule has 2 heterocycles. The molecule has 0 aliphatic carbocycles. The molecule has 0 radical (unpaired) electrons. The maximum Gasteiger partial charge on any atom is 0.0998 e. The molecule has 46 heavy (non-hydrogen) atoms. The minimum Gasteiger partial charge on any atom is -0.307 e. The highest BCUT2D eigenvalue weighted by Gasteiger charge is 2.22. The molecule has 0 amide bonds. The number of aromatic nitrogens is 2. The van der Waals surface area contributed by atoms with Gasteiger partial charge in [0.1, 0.15) is 0 Å². The van der Waals surface area contributed by atoms with Crippen LogP contribution in [0.25, 0.3) is 66.1 Å². The summed E-state index contributed by atoms with van der Waals surface area (Å²) < 4.78 is 4.66. The second-order valence-electron chi connectivity index (χ2n) is 12.4. The SMILES string of the molecule is Cc1ccc2c(c1)c1cc(C)ccc1n2-c1cc(C#N)c(-c2cccc(C#N)c2)cc1-n1c2ccc(C)cc2c2cc(C)ccc21. The number of benzene rings is 6. The Labute approximate surface area is 267 Å². The summed E-state index contributed by atoms with van der Waals surface area (Å²) in [6.45, 7) is 8.52. The molecule has 6 aromatic carbocycles. The Balaban J connectivity index is 1.59. The van der Waals surface area contributed by atoms with Gasteiger partial charge in [-0.25, -0.2) is 0 Å². The van der Waals surface area contributed by atoms with Crippen LogP contribution in [0.5, 0.6) is 0 Å². The lowest BCUT2D eigenvalue weighted by molar-refractivity contribution is 1.09. The second-order valence-corrected chi connectivity index (χ2v) is 12.4. The van der Waals surface area contributed by atoms with E-state index in [1.165, 1.54) is 43.8 Å². The molecule has 0 N–H and O–H groups in total. The van der Waals surface area contributed by atoms with Gasteiger partial charge in [-0.05, 0) is 106 Å². The molecule has 218 valence electrons. The summed E-state index contributed by atoms with van der Waals surface area (Å²) in [4.78, 5) is 0. The van der Waals surface area contributed by atoms with E-state index in [1.807, 2.05) is 24.3 Å². The zero-order valence-corrected chi connectivity index (χ0v) is 26.2. The van der Waals surface area contributed by atoms with Crippen molar-refractivity contribution in [2.75, 3.05) is 0 Å². The molecule has 0 unspecified atom stereocenters. The average molecular weight is 591 g/mol. The van der Waals surface area contributed by atoms with Crippen LogP contribution in [0.15, 0.2) is 109 Å². The predicted octanol–water partition coefficient (Wildman–Crippen LogP) is 10.5. The second kappa shape index (κ2) is 10.2. The first kappa shape index (κ1) is 27.4. The van der Waals surface area contributed by atoms with E-state index in [9.17, 15) is 10.5 Å². The summed E-state index contributed by atoms with van der Waals surface area (Å²) in [7, 11) is 0. The Kier molecular flexibility index (Phi) is 6.11. The standard InChI is InChI=1S/C42H30N4/c1-25-8-12-37-33(16-25)34-17-26(2)9-13-38(34)45(37)41-21-31(24-44)32(30-7-5-6-29(20-30)23-43)22-42(41)46-39-14-10-27(3)18-35(39)36-19-28(4)11-15-40(36)46/h5-22H,1-4H3. The third kappa shape index (κ3) is 4.12. The number of hydrogen-bond donors (Lipinski definition) is 0. The molecular formula is C42H30N4. The van der Waals surface area contributed by atoms with Crippen molar-refractivity contribution in [3.63, 3.8) is 0 Å². The fourth-order valence-corrected chi connectivity index (χ4v) is 7.04. The summed E-state index contributed by atoms with van der Waals surface area (Å²) in [5.41, 5.74) is 13.8. The number of aryl methyl sites for hydroxylation is 4. The topological polar surface area (TPSA) is 57.4 Å². The van der Waals surface area contributed by atoms with Gasteiger partial charge in [0, 0.05) is 27.1 Å². The number of nitriles is 2. The highest BCUT2D eigenvalue weighted by atomic mass is 15.1. The molecule has 0 spiro atoms. The minimum absolute atomic E-state index is 0.551. The lowest BCUT2D eigenvalue weighted by Gasteiger charge is -2.19. The Hall–Kier alpha value is -6.10. The predicted molar refractivity (Wildman–Crippen MR) is 189 cm³/mol. The van der Waals surface area contributed by atoms with Crippen molar-refractivity contribution < 1.29 is 0 Å². The first-order valence-corrected chi connectivity index (χ1v) is 15.5. The molecule has 0 atom stereocenters. The van der Waals surface area contributed by atoms with Crippen LogP contribution in [-0.4, -0.2) is 9.13 Å². The fraction of sp³-hybridized carbons (Fsp3) is 0.0952. The van der Waals surface area contributed by atoms with E-state index in [0.717, 1.165) is 44.6 Å². The third-order valence-corrected chi connectivity index (χ3v) is 9.17. The van der Waals surface area contributed by atoms with Crippen molar-refractivity contribution in [2.24, 2.45) is 0 Å². The molecule has 0 bridgehead atoms. The van der Waals surface area contributed by atoms with E-state index in [-0.39, 0.29) is 0 Å². The summed E-state index contributed by atoms with van der Waals surface area (Å²) in [5.74, 6) is 0. The molecule has 0 aliphatic rings. The quantitative estimate of drug-likeness (QED) is 0.206. The van der Waals surface area contributed by atoms with Gasteiger partial charge in [0.2, 0.25) is 0 Å². The first-order chi connectivity index (χ1) is 22.3. The van der Waals surface area contributed by atoms with E-state index in [2.05, 4.69) is 128 Å². The minimum atomic E-state index is 0.551. The van der Waals surface area contributed by atoms with Gasteiger partial charge in [0.05, 0.1) is 56.7 Å². The maximum absolute atomic E-state index is 10.6. The molecule has 8 aromatic rings. The van der Waals surface area contributed by atoms with Gasteiger partial charge in [-0.3, -0.25) is 0 Å². The normalized spacial score (nSPS) is 11.4. The number of rotatable bonds is 3. The first-order valence-electron chi connectivity index (χ1n) is 15.5. The lowest BCUT2D eigenvalue weighted by Crippen LogP contribution is -2.05. The zero-order valence-electron chi connectivity index (χ0n) is 26.2. The van der Waals surface area contributed by atoms with Crippen LogP contribution in [0.4, 0.5) is 0 Å². The molecule has 0 fully saturated rings. The largest absolute Gasteiger partial charge is 0.307 e. The smallest absolute Gasteiger partial charge is 0.0998 e. The van der Waals surface area contributed by atoms with E-state index in [0.29, 0.717) is 11.1 Å². The molecule has 8 rings (SSSR count).